The van der Waals surface area contributed by atoms with Crippen LogP contribution in [0.15, 0.2) is 54.6 Å². The van der Waals surface area contributed by atoms with Gasteiger partial charge >= 0.3 is 0 Å². The number of carbonyl (C=O) groups is 1. The molecule has 2 aromatic rings. The third kappa shape index (κ3) is 3.88. The third-order valence-corrected chi connectivity index (χ3v) is 3.99. The van der Waals surface area contributed by atoms with Gasteiger partial charge in [-0.2, -0.15) is 0 Å². The Morgan fingerprint density at radius 1 is 1.14 bits per heavy atom. The minimum atomic E-state index is -0.155. The van der Waals surface area contributed by atoms with Crippen LogP contribution in [0.3, 0.4) is 0 Å². The predicted molar refractivity (Wildman–Crippen MR) is 90.3 cm³/mol. The molecule has 0 fully saturated rings. The molecule has 3 nitrogen and oxygen atoms in total. The predicted octanol–water partition coefficient (Wildman–Crippen LogP) is 4.46. The van der Waals surface area contributed by atoms with E-state index < -0.39 is 0 Å². The Labute approximate surface area is 132 Å². The second-order valence-corrected chi connectivity index (χ2v) is 5.50. The van der Waals surface area contributed by atoms with Gasteiger partial charge in [-0.15, -0.1) is 0 Å². The third-order valence-electron chi connectivity index (χ3n) is 3.99. The molecular formula is C19H23NO2. The highest BCUT2D eigenvalue weighted by Gasteiger charge is 2.25. The summed E-state index contributed by atoms with van der Waals surface area (Å²) in [5.74, 6) is 0.872. The monoisotopic (exact) mass is 297 g/mol. The van der Waals surface area contributed by atoms with Crippen molar-refractivity contribution in [1.29, 1.82) is 0 Å². The maximum absolute atomic E-state index is 12.8. The first-order chi connectivity index (χ1) is 10.7. The van der Waals surface area contributed by atoms with Gasteiger partial charge in [0.2, 0.25) is 5.91 Å². The molecule has 0 aliphatic heterocycles. The highest BCUT2D eigenvalue weighted by molar-refractivity contribution is 5.96. The second-order valence-electron chi connectivity index (χ2n) is 5.50. The molecule has 22 heavy (non-hydrogen) atoms. The van der Waals surface area contributed by atoms with Gasteiger partial charge in [0.25, 0.3) is 0 Å². The van der Waals surface area contributed by atoms with Crippen molar-refractivity contribution in [2.24, 2.45) is 5.92 Å². The lowest BCUT2D eigenvalue weighted by Gasteiger charge is -2.23. The van der Waals surface area contributed by atoms with Crippen molar-refractivity contribution in [3.05, 3.63) is 60.2 Å². The average Bonchev–Trinajstić information content (AvgIpc) is 2.56. The van der Waals surface area contributed by atoms with E-state index in [-0.39, 0.29) is 17.7 Å². The summed E-state index contributed by atoms with van der Waals surface area (Å²) in [5, 5.41) is 3.01. The number of hydrogen-bond donors (Lipinski definition) is 1. The van der Waals surface area contributed by atoms with Crippen LogP contribution in [-0.2, 0) is 4.79 Å². The second kappa shape index (κ2) is 7.64. The lowest BCUT2D eigenvalue weighted by molar-refractivity contribution is -0.118. The Kier molecular flexibility index (Phi) is 5.59. The standard InChI is InChI=1S/C19H23NO2/c1-4-14(2)18(15-9-6-5-7-10-15)19(21)20-16-11-8-12-17(13-16)22-3/h5-14,18H,4H2,1-3H3,(H,20,21). The van der Waals surface area contributed by atoms with Gasteiger partial charge < -0.3 is 10.1 Å². The molecule has 2 aromatic carbocycles. The first-order valence-corrected chi connectivity index (χ1v) is 7.65. The summed E-state index contributed by atoms with van der Waals surface area (Å²) in [5.41, 5.74) is 1.81. The number of anilines is 1. The topological polar surface area (TPSA) is 38.3 Å². The fourth-order valence-electron chi connectivity index (χ4n) is 2.56. The summed E-state index contributed by atoms with van der Waals surface area (Å²) in [4.78, 5) is 12.8. The van der Waals surface area contributed by atoms with Gasteiger partial charge in [-0.05, 0) is 23.6 Å². The minimum Gasteiger partial charge on any atom is -0.497 e. The molecule has 1 amide bonds. The Hall–Kier alpha value is -2.29. The van der Waals surface area contributed by atoms with E-state index in [9.17, 15) is 4.79 Å². The lowest BCUT2D eigenvalue weighted by atomic mass is 9.85. The van der Waals surface area contributed by atoms with Gasteiger partial charge in [-0.25, -0.2) is 0 Å². The van der Waals surface area contributed by atoms with Gasteiger partial charge in [0.05, 0.1) is 13.0 Å². The Balaban J connectivity index is 2.22. The van der Waals surface area contributed by atoms with Crippen molar-refractivity contribution in [3.63, 3.8) is 0 Å². The Bertz CT molecular complexity index is 610. The summed E-state index contributed by atoms with van der Waals surface area (Å²) < 4.78 is 5.20. The first kappa shape index (κ1) is 16.1. The van der Waals surface area contributed by atoms with Crippen LogP contribution in [0.1, 0.15) is 31.7 Å². The largest absolute Gasteiger partial charge is 0.497 e. The normalized spacial score (nSPS) is 13.2. The Morgan fingerprint density at radius 2 is 1.86 bits per heavy atom. The quantitative estimate of drug-likeness (QED) is 0.854. The molecule has 2 rings (SSSR count). The summed E-state index contributed by atoms with van der Waals surface area (Å²) in [6, 6.07) is 17.4. The van der Waals surface area contributed by atoms with Gasteiger partial charge in [0.1, 0.15) is 5.75 Å². The van der Waals surface area contributed by atoms with E-state index in [1.807, 2.05) is 54.6 Å². The molecule has 2 unspecified atom stereocenters. The van der Waals surface area contributed by atoms with Crippen LogP contribution in [0.2, 0.25) is 0 Å². The van der Waals surface area contributed by atoms with E-state index >= 15 is 0 Å². The Morgan fingerprint density at radius 3 is 2.50 bits per heavy atom. The summed E-state index contributed by atoms with van der Waals surface area (Å²) >= 11 is 0. The van der Waals surface area contributed by atoms with Crippen LogP contribution in [0.4, 0.5) is 5.69 Å². The molecule has 0 saturated heterocycles. The number of ether oxygens (including phenoxy) is 1. The number of carbonyl (C=O) groups excluding carboxylic acids is 1. The highest BCUT2D eigenvalue weighted by atomic mass is 16.5. The SMILES string of the molecule is CCC(C)C(C(=O)Nc1cccc(OC)c1)c1ccccc1. The van der Waals surface area contributed by atoms with Crippen molar-refractivity contribution < 1.29 is 9.53 Å². The number of methoxy groups -OCH3 is 1. The molecular weight excluding hydrogens is 274 g/mol. The molecule has 0 saturated carbocycles. The van der Waals surface area contributed by atoms with Gasteiger partial charge in [-0.3, -0.25) is 4.79 Å². The van der Waals surface area contributed by atoms with Crippen LogP contribution in [0.5, 0.6) is 5.75 Å². The number of benzene rings is 2. The smallest absolute Gasteiger partial charge is 0.232 e. The minimum absolute atomic E-state index is 0.0220. The van der Waals surface area contributed by atoms with E-state index in [1.165, 1.54) is 0 Å². The highest BCUT2D eigenvalue weighted by Crippen LogP contribution is 2.29. The van der Waals surface area contributed by atoms with Crippen LogP contribution in [0.25, 0.3) is 0 Å². The fourth-order valence-corrected chi connectivity index (χ4v) is 2.56. The van der Waals surface area contributed by atoms with Crippen molar-refractivity contribution >= 4 is 11.6 Å². The molecule has 0 radical (unpaired) electrons. The van der Waals surface area contributed by atoms with E-state index in [2.05, 4.69) is 19.2 Å². The van der Waals surface area contributed by atoms with Crippen LogP contribution in [-0.4, -0.2) is 13.0 Å². The number of amides is 1. The molecule has 0 aromatic heterocycles. The zero-order valence-electron chi connectivity index (χ0n) is 13.4. The van der Waals surface area contributed by atoms with Gasteiger partial charge in [0, 0.05) is 11.8 Å². The molecule has 2 atom stereocenters. The number of nitrogens with one attached hydrogen (secondary N) is 1. The van der Waals surface area contributed by atoms with Crippen molar-refractivity contribution in [2.75, 3.05) is 12.4 Å². The summed E-state index contributed by atoms with van der Waals surface area (Å²) in [6.07, 6.45) is 0.949. The molecule has 0 spiro atoms. The summed E-state index contributed by atoms with van der Waals surface area (Å²) in [6.45, 7) is 4.22. The zero-order chi connectivity index (χ0) is 15.9. The maximum atomic E-state index is 12.8. The molecule has 0 bridgehead atoms. The van der Waals surface area contributed by atoms with E-state index in [1.54, 1.807) is 7.11 Å². The zero-order valence-corrected chi connectivity index (χ0v) is 13.4. The first-order valence-electron chi connectivity index (χ1n) is 7.65. The molecule has 1 N–H and O–H groups in total. The van der Waals surface area contributed by atoms with Crippen LogP contribution < -0.4 is 10.1 Å². The number of rotatable bonds is 6. The molecule has 0 aliphatic carbocycles. The van der Waals surface area contributed by atoms with Gasteiger partial charge in [-0.1, -0.05) is 56.7 Å². The van der Waals surface area contributed by atoms with Gasteiger partial charge in [0.15, 0.2) is 0 Å². The average molecular weight is 297 g/mol. The van der Waals surface area contributed by atoms with Crippen molar-refractivity contribution in [1.82, 2.24) is 0 Å². The maximum Gasteiger partial charge on any atom is 0.232 e. The lowest BCUT2D eigenvalue weighted by Crippen LogP contribution is -2.26. The van der Waals surface area contributed by atoms with Crippen molar-refractivity contribution in [3.8, 4) is 5.75 Å². The van der Waals surface area contributed by atoms with E-state index in [0.717, 1.165) is 23.4 Å². The summed E-state index contributed by atoms with van der Waals surface area (Å²) in [7, 11) is 1.62. The van der Waals surface area contributed by atoms with E-state index in [4.69, 9.17) is 4.74 Å². The molecule has 116 valence electrons. The molecule has 3 heteroatoms. The molecule has 0 heterocycles. The van der Waals surface area contributed by atoms with Crippen molar-refractivity contribution in [2.45, 2.75) is 26.2 Å². The fraction of sp³-hybridized carbons (Fsp3) is 0.316. The number of hydrogen-bond acceptors (Lipinski definition) is 2. The van der Waals surface area contributed by atoms with Crippen LogP contribution in [0, 0.1) is 5.92 Å². The van der Waals surface area contributed by atoms with Crippen LogP contribution >= 0.6 is 0 Å². The molecule has 0 aliphatic rings. The van der Waals surface area contributed by atoms with E-state index in [0.29, 0.717) is 0 Å².